The summed E-state index contributed by atoms with van der Waals surface area (Å²) in [6.07, 6.45) is 4.85. The molecule has 0 amide bonds. The molecule has 1 aromatic carbocycles. The lowest BCUT2D eigenvalue weighted by atomic mass is 9.99. The molecule has 1 fully saturated rings. The van der Waals surface area contributed by atoms with Crippen molar-refractivity contribution in [2.45, 2.75) is 59.7 Å². The summed E-state index contributed by atoms with van der Waals surface area (Å²) in [5, 5.41) is 0. The second-order valence-corrected chi connectivity index (χ2v) is 6.76. The summed E-state index contributed by atoms with van der Waals surface area (Å²) in [4.78, 5) is 24.2. The van der Waals surface area contributed by atoms with Gasteiger partial charge >= 0.3 is 11.9 Å². The highest BCUT2D eigenvalue weighted by molar-refractivity contribution is 6.19. The predicted molar refractivity (Wildman–Crippen MR) is 95.2 cm³/mol. The number of hydrogen-bond acceptors (Lipinski definition) is 5. The smallest absolute Gasteiger partial charge is 0.348 e. The molecule has 0 spiro atoms. The molecule has 2 rings (SSSR count). The topological polar surface area (TPSA) is 61.8 Å². The van der Waals surface area contributed by atoms with Gasteiger partial charge in [0.25, 0.3) is 5.79 Å². The van der Waals surface area contributed by atoms with Crippen molar-refractivity contribution < 1.29 is 23.8 Å². The quantitative estimate of drug-likeness (QED) is 0.336. The van der Waals surface area contributed by atoms with Gasteiger partial charge in [-0.1, -0.05) is 19.8 Å². The van der Waals surface area contributed by atoms with E-state index in [1.165, 1.54) is 19.9 Å². The van der Waals surface area contributed by atoms with Crippen molar-refractivity contribution in [1.29, 1.82) is 0 Å². The van der Waals surface area contributed by atoms with Gasteiger partial charge in [0.05, 0.1) is 6.61 Å². The number of rotatable bonds is 6. The van der Waals surface area contributed by atoms with Crippen molar-refractivity contribution in [3.63, 3.8) is 0 Å². The molecule has 0 aromatic heterocycles. The predicted octanol–water partition coefficient (Wildman–Crippen LogP) is 4.09. The Labute approximate surface area is 149 Å². The van der Waals surface area contributed by atoms with E-state index in [0.29, 0.717) is 6.61 Å². The van der Waals surface area contributed by atoms with Gasteiger partial charge in [-0.05, 0) is 55.2 Å². The Kier molecular flexibility index (Phi) is 5.88. The molecule has 25 heavy (non-hydrogen) atoms. The van der Waals surface area contributed by atoms with Crippen LogP contribution in [0.25, 0.3) is 6.08 Å². The van der Waals surface area contributed by atoms with Crippen LogP contribution in [0.3, 0.4) is 0 Å². The van der Waals surface area contributed by atoms with Crippen LogP contribution in [0.1, 0.15) is 56.7 Å². The summed E-state index contributed by atoms with van der Waals surface area (Å²) < 4.78 is 16.0. The van der Waals surface area contributed by atoms with Crippen molar-refractivity contribution in [3.05, 3.63) is 34.4 Å². The third-order valence-electron chi connectivity index (χ3n) is 3.99. The third kappa shape index (κ3) is 4.84. The number of aryl methyl sites for hydroxylation is 2. The maximum absolute atomic E-state index is 12.1. The van der Waals surface area contributed by atoms with Gasteiger partial charge in [0.15, 0.2) is 0 Å². The fourth-order valence-corrected chi connectivity index (χ4v) is 2.71. The maximum Gasteiger partial charge on any atom is 0.348 e. The van der Waals surface area contributed by atoms with Crippen molar-refractivity contribution >= 4 is 18.0 Å². The number of hydrogen-bond donors (Lipinski definition) is 0. The van der Waals surface area contributed by atoms with Crippen molar-refractivity contribution in [1.82, 2.24) is 0 Å². The van der Waals surface area contributed by atoms with Gasteiger partial charge in [0, 0.05) is 13.8 Å². The molecule has 1 aliphatic rings. The van der Waals surface area contributed by atoms with Gasteiger partial charge < -0.3 is 14.2 Å². The first kappa shape index (κ1) is 19.0. The largest absolute Gasteiger partial charge is 0.494 e. The van der Waals surface area contributed by atoms with Crippen LogP contribution in [0.2, 0.25) is 0 Å². The summed E-state index contributed by atoms with van der Waals surface area (Å²) >= 11 is 0. The standard InChI is InChI=1S/C20H26O5/c1-6-7-8-9-23-15-10-13(2)16(14(3)11-15)12-17-18(21)24-20(4,5)25-19(17)22/h10-12H,6-9H2,1-5H3. The zero-order valence-corrected chi connectivity index (χ0v) is 15.6. The number of carbonyl (C=O) groups is 2. The van der Waals surface area contributed by atoms with E-state index < -0.39 is 17.7 Å². The van der Waals surface area contributed by atoms with Crippen LogP contribution in [0.15, 0.2) is 17.7 Å². The van der Waals surface area contributed by atoms with Gasteiger partial charge in [-0.25, -0.2) is 9.59 Å². The van der Waals surface area contributed by atoms with E-state index in [1.54, 1.807) is 0 Å². The van der Waals surface area contributed by atoms with Crippen LogP contribution in [-0.4, -0.2) is 24.3 Å². The average molecular weight is 346 g/mol. The monoisotopic (exact) mass is 346 g/mol. The normalized spacial score (nSPS) is 16.3. The highest BCUT2D eigenvalue weighted by atomic mass is 16.7. The molecule has 1 saturated heterocycles. The number of carbonyl (C=O) groups excluding carboxylic acids is 2. The third-order valence-corrected chi connectivity index (χ3v) is 3.99. The zero-order chi connectivity index (χ0) is 18.6. The summed E-state index contributed by atoms with van der Waals surface area (Å²) in [5.41, 5.74) is 2.54. The first-order valence-corrected chi connectivity index (χ1v) is 8.66. The Morgan fingerprint density at radius 2 is 1.60 bits per heavy atom. The fraction of sp³-hybridized carbons (Fsp3) is 0.500. The van der Waals surface area contributed by atoms with E-state index in [2.05, 4.69) is 6.92 Å². The molecule has 0 aliphatic carbocycles. The Morgan fingerprint density at radius 3 is 2.12 bits per heavy atom. The van der Waals surface area contributed by atoms with E-state index in [1.807, 2.05) is 26.0 Å². The molecule has 0 unspecified atom stereocenters. The van der Waals surface area contributed by atoms with Gasteiger partial charge in [0.2, 0.25) is 0 Å². The second-order valence-electron chi connectivity index (χ2n) is 6.76. The minimum absolute atomic E-state index is 0.0952. The zero-order valence-electron chi connectivity index (χ0n) is 15.6. The molecule has 0 saturated carbocycles. The Bertz CT molecular complexity index is 655. The van der Waals surface area contributed by atoms with Crippen LogP contribution in [0.4, 0.5) is 0 Å². The van der Waals surface area contributed by atoms with Crippen LogP contribution in [0, 0.1) is 13.8 Å². The van der Waals surface area contributed by atoms with Gasteiger partial charge in [-0.2, -0.15) is 0 Å². The van der Waals surface area contributed by atoms with Crippen molar-refractivity contribution in [3.8, 4) is 5.75 Å². The molecule has 136 valence electrons. The Hall–Kier alpha value is -2.30. The maximum atomic E-state index is 12.1. The molecule has 5 nitrogen and oxygen atoms in total. The lowest BCUT2D eigenvalue weighted by Crippen LogP contribution is -2.41. The number of ether oxygens (including phenoxy) is 3. The van der Waals surface area contributed by atoms with E-state index >= 15 is 0 Å². The molecule has 1 aromatic rings. The summed E-state index contributed by atoms with van der Waals surface area (Å²) in [6.45, 7) is 9.73. The number of benzene rings is 1. The number of cyclic esters (lactones) is 2. The van der Waals surface area contributed by atoms with Crippen LogP contribution >= 0.6 is 0 Å². The van der Waals surface area contributed by atoms with E-state index in [9.17, 15) is 9.59 Å². The van der Waals surface area contributed by atoms with Crippen LogP contribution in [0.5, 0.6) is 5.75 Å². The number of unbranched alkanes of at least 4 members (excludes halogenated alkanes) is 2. The highest BCUT2D eigenvalue weighted by Gasteiger charge is 2.39. The molecule has 1 heterocycles. The Balaban J connectivity index is 2.22. The lowest BCUT2D eigenvalue weighted by Gasteiger charge is -2.29. The van der Waals surface area contributed by atoms with E-state index in [4.69, 9.17) is 14.2 Å². The summed E-state index contributed by atoms with van der Waals surface area (Å²) in [5.74, 6) is -1.77. The second kappa shape index (κ2) is 7.72. The highest BCUT2D eigenvalue weighted by Crippen LogP contribution is 2.28. The lowest BCUT2D eigenvalue weighted by molar-refractivity contribution is -0.222. The molecule has 0 atom stereocenters. The number of esters is 2. The molecule has 1 aliphatic heterocycles. The van der Waals surface area contributed by atoms with Crippen LogP contribution < -0.4 is 4.74 Å². The average Bonchev–Trinajstić information content (AvgIpc) is 2.48. The first-order chi connectivity index (χ1) is 11.7. The molecule has 5 heteroatoms. The van der Waals surface area contributed by atoms with Gasteiger partial charge in [-0.15, -0.1) is 0 Å². The molecule has 0 radical (unpaired) electrons. The molecule has 0 N–H and O–H groups in total. The van der Waals surface area contributed by atoms with E-state index in [-0.39, 0.29) is 5.57 Å². The van der Waals surface area contributed by atoms with Crippen LogP contribution in [-0.2, 0) is 19.1 Å². The summed E-state index contributed by atoms with van der Waals surface area (Å²) in [7, 11) is 0. The molecule has 0 bridgehead atoms. The SMILES string of the molecule is CCCCCOc1cc(C)c(C=C2C(=O)OC(C)(C)OC2=O)c(C)c1. The minimum Gasteiger partial charge on any atom is -0.494 e. The van der Waals surface area contributed by atoms with Crippen molar-refractivity contribution in [2.24, 2.45) is 0 Å². The summed E-state index contributed by atoms with van der Waals surface area (Å²) in [6, 6.07) is 3.82. The Morgan fingerprint density at radius 1 is 1.04 bits per heavy atom. The first-order valence-electron chi connectivity index (χ1n) is 8.66. The van der Waals surface area contributed by atoms with Gasteiger partial charge in [-0.3, -0.25) is 0 Å². The molecular weight excluding hydrogens is 320 g/mol. The van der Waals surface area contributed by atoms with Gasteiger partial charge in [0.1, 0.15) is 11.3 Å². The minimum atomic E-state index is -1.23. The fourth-order valence-electron chi connectivity index (χ4n) is 2.71. The van der Waals surface area contributed by atoms with E-state index in [0.717, 1.165) is 41.7 Å². The molecular formula is C20H26O5. The van der Waals surface area contributed by atoms with Crippen molar-refractivity contribution in [2.75, 3.05) is 6.61 Å².